The van der Waals surface area contributed by atoms with E-state index in [1.807, 2.05) is 0 Å². The molecule has 0 spiro atoms. The molecule has 21 heavy (non-hydrogen) atoms. The average Bonchev–Trinajstić information content (AvgIpc) is 2.39. The lowest BCUT2D eigenvalue weighted by atomic mass is 10.3. The highest BCUT2D eigenvalue weighted by molar-refractivity contribution is 6.32. The van der Waals surface area contributed by atoms with Crippen molar-refractivity contribution in [3.8, 4) is 5.75 Å². The number of hydrogen-bond acceptors (Lipinski definition) is 4. The Morgan fingerprint density at radius 1 is 1.43 bits per heavy atom. The van der Waals surface area contributed by atoms with Crippen LogP contribution in [0.5, 0.6) is 5.75 Å². The maximum atomic E-state index is 11.7. The number of amides is 1. The van der Waals surface area contributed by atoms with E-state index in [9.17, 15) is 9.59 Å². The van der Waals surface area contributed by atoms with Gasteiger partial charge in [0.15, 0.2) is 0 Å². The number of aromatic nitrogens is 2. The molecule has 0 aliphatic carbocycles. The summed E-state index contributed by atoms with van der Waals surface area (Å²) in [6.07, 6.45) is 0.124. The van der Waals surface area contributed by atoms with Gasteiger partial charge in [-0.3, -0.25) is 9.59 Å². The maximum Gasteiger partial charge on any atom is 0.252 e. The Bertz CT molecular complexity index is 700. The second-order valence-electron chi connectivity index (χ2n) is 4.29. The van der Waals surface area contributed by atoms with Crippen molar-refractivity contribution in [2.75, 3.05) is 11.9 Å². The predicted molar refractivity (Wildman–Crippen MR) is 79.8 cm³/mol. The topological polar surface area (TPSA) is 84.1 Å². The van der Waals surface area contributed by atoms with Gasteiger partial charge in [0.25, 0.3) is 5.56 Å². The van der Waals surface area contributed by atoms with Gasteiger partial charge < -0.3 is 15.0 Å². The molecule has 0 bridgehead atoms. The average molecular weight is 308 g/mol. The lowest BCUT2D eigenvalue weighted by molar-refractivity contribution is -0.116. The third kappa shape index (κ3) is 4.61. The summed E-state index contributed by atoms with van der Waals surface area (Å²) in [6, 6.07) is 8.24. The lowest BCUT2D eigenvalue weighted by Gasteiger charge is -2.08. The first kappa shape index (κ1) is 15.1. The number of halogens is 1. The van der Waals surface area contributed by atoms with Gasteiger partial charge in [-0.25, -0.2) is 4.98 Å². The highest BCUT2D eigenvalue weighted by Gasteiger charge is 2.06. The number of aryl methyl sites for hydroxylation is 1. The molecule has 0 aliphatic heterocycles. The molecular weight excluding hydrogens is 294 g/mol. The molecule has 1 amide bonds. The van der Waals surface area contributed by atoms with Gasteiger partial charge in [0.2, 0.25) is 5.91 Å². The van der Waals surface area contributed by atoms with Crippen molar-refractivity contribution in [3.05, 3.63) is 51.5 Å². The van der Waals surface area contributed by atoms with Crippen LogP contribution in [0.15, 0.2) is 35.1 Å². The van der Waals surface area contributed by atoms with Crippen molar-refractivity contribution in [1.29, 1.82) is 0 Å². The van der Waals surface area contributed by atoms with Gasteiger partial charge >= 0.3 is 0 Å². The molecule has 6 nitrogen and oxygen atoms in total. The number of nitrogens with one attached hydrogen (secondary N) is 2. The SMILES string of the molecule is Cc1nc(NC(=O)CCOc2ccccc2Cl)cc(=O)[nH]1. The van der Waals surface area contributed by atoms with Crippen molar-refractivity contribution >= 4 is 23.3 Å². The van der Waals surface area contributed by atoms with Crippen LogP contribution in [0.3, 0.4) is 0 Å². The van der Waals surface area contributed by atoms with Crippen LogP contribution < -0.4 is 15.6 Å². The zero-order chi connectivity index (χ0) is 15.2. The van der Waals surface area contributed by atoms with Crippen molar-refractivity contribution < 1.29 is 9.53 Å². The van der Waals surface area contributed by atoms with Gasteiger partial charge in [-0.1, -0.05) is 23.7 Å². The molecule has 2 aromatic rings. The van der Waals surface area contributed by atoms with E-state index in [0.29, 0.717) is 16.6 Å². The van der Waals surface area contributed by atoms with Gasteiger partial charge in [-0.15, -0.1) is 0 Å². The molecule has 0 radical (unpaired) electrons. The van der Waals surface area contributed by atoms with E-state index in [0.717, 1.165) is 0 Å². The molecule has 0 saturated carbocycles. The quantitative estimate of drug-likeness (QED) is 0.886. The Kier molecular flexibility index (Phi) is 4.94. The molecule has 1 heterocycles. The van der Waals surface area contributed by atoms with Crippen LogP contribution >= 0.6 is 11.6 Å². The Labute approximate surface area is 126 Å². The minimum Gasteiger partial charge on any atom is -0.491 e. The predicted octanol–water partition coefficient (Wildman–Crippen LogP) is 2.14. The number of para-hydroxylation sites is 1. The van der Waals surface area contributed by atoms with Gasteiger partial charge in [-0.05, 0) is 19.1 Å². The molecule has 1 aromatic carbocycles. The van der Waals surface area contributed by atoms with E-state index in [1.165, 1.54) is 6.07 Å². The number of anilines is 1. The fourth-order valence-corrected chi connectivity index (χ4v) is 1.85. The van der Waals surface area contributed by atoms with Gasteiger partial charge in [0.05, 0.1) is 18.1 Å². The standard InChI is InChI=1S/C14H14ClN3O3/c1-9-16-12(8-14(20)17-9)18-13(19)6-7-21-11-5-3-2-4-10(11)15/h2-5,8H,6-7H2,1H3,(H2,16,17,18,19,20). The summed E-state index contributed by atoms with van der Waals surface area (Å²) in [5, 5.41) is 3.03. The number of carbonyl (C=O) groups is 1. The molecule has 0 aliphatic rings. The third-order valence-corrected chi connectivity index (χ3v) is 2.86. The van der Waals surface area contributed by atoms with Crippen LogP contribution in [0.1, 0.15) is 12.2 Å². The van der Waals surface area contributed by atoms with Gasteiger partial charge in [-0.2, -0.15) is 0 Å². The molecule has 1 aromatic heterocycles. The van der Waals surface area contributed by atoms with Crippen LogP contribution in [0.4, 0.5) is 5.82 Å². The first-order valence-corrected chi connectivity index (χ1v) is 6.67. The number of aromatic amines is 1. The van der Waals surface area contributed by atoms with E-state index in [1.54, 1.807) is 31.2 Å². The second kappa shape index (κ2) is 6.90. The van der Waals surface area contributed by atoms with E-state index in [2.05, 4.69) is 15.3 Å². The summed E-state index contributed by atoms with van der Waals surface area (Å²) in [5.74, 6) is 0.890. The monoisotopic (exact) mass is 307 g/mol. The Morgan fingerprint density at radius 3 is 2.90 bits per heavy atom. The van der Waals surface area contributed by atoms with Crippen molar-refractivity contribution in [3.63, 3.8) is 0 Å². The third-order valence-electron chi connectivity index (χ3n) is 2.55. The van der Waals surface area contributed by atoms with E-state index in [-0.39, 0.29) is 30.3 Å². The van der Waals surface area contributed by atoms with Gasteiger partial charge in [0.1, 0.15) is 17.4 Å². The number of H-pyrrole nitrogens is 1. The first-order valence-electron chi connectivity index (χ1n) is 6.30. The smallest absolute Gasteiger partial charge is 0.252 e. The van der Waals surface area contributed by atoms with Crippen molar-refractivity contribution in [1.82, 2.24) is 9.97 Å². The fourth-order valence-electron chi connectivity index (χ4n) is 1.66. The van der Waals surface area contributed by atoms with Crippen LogP contribution in [0.25, 0.3) is 0 Å². The van der Waals surface area contributed by atoms with Crippen LogP contribution in [-0.4, -0.2) is 22.5 Å². The minimum absolute atomic E-state index is 0.124. The normalized spacial score (nSPS) is 10.2. The van der Waals surface area contributed by atoms with Crippen molar-refractivity contribution in [2.24, 2.45) is 0 Å². The summed E-state index contributed by atoms with van der Waals surface area (Å²) in [4.78, 5) is 29.5. The molecule has 2 N–H and O–H groups in total. The summed E-state index contributed by atoms with van der Waals surface area (Å²) in [6.45, 7) is 1.81. The Morgan fingerprint density at radius 2 is 2.19 bits per heavy atom. The van der Waals surface area contributed by atoms with Gasteiger partial charge in [0, 0.05) is 6.07 Å². The largest absolute Gasteiger partial charge is 0.491 e. The summed E-state index contributed by atoms with van der Waals surface area (Å²) in [7, 11) is 0. The molecule has 110 valence electrons. The van der Waals surface area contributed by atoms with E-state index >= 15 is 0 Å². The fraction of sp³-hybridized carbons (Fsp3) is 0.214. The minimum atomic E-state index is -0.315. The molecule has 0 unspecified atom stereocenters. The molecular formula is C14H14ClN3O3. The summed E-state index contributed by atoms with van der Waals surface area (Å²) < 4.78 is 5.41. The number of benzene rings is 1. The number of ether oxygens (including phenoxy) is 1. The maximum absolute atomic E-state index is 11.7. The lowest BCUT2D eigenvalue weighted by Crippen LogP contribution is -2.19. The van der Waals surface area contributed by atoms with Crippen molar-refractivity contribution in [2.45, 2.75) is 13.3 Å². The number of carbonyl (C=O) groups excluding carboxylic acids is 1. The Balaban J connectivity index is 1.85. The number of nitrogens with zero attached hydrogens (tertiary/aromatic N) is 1. The number of rotatable bonds is 5. The molecule has 2 rings (SSSR count). The molecule has 7 heteroatoms. The summed E-state index contributed by atoms with van der Waals surface area (Å²) >= 11 is 5.93. The number of hydrogen-bond donors (Lipinski definition) is 2. The van der Waals surface area contributed by atoms with E-state index < -0.39 is 0 Å². The second-order valence-corrected chi connectivity index (χ2v) is 4.70. The first-order chi connectivity index (χ1) is 10.0. The Hall–Kier alpha value is -2.34. The highest BCUT2D eigenvalue weighted by Crippen LogP contribution is 2.23. The molecule has 0 saturated heterocycles. The van der Waals surface area contributed by atoms with E-state index in [4.69, 9.17) is 16.3 Å². The van der Waals surface area contributed by atoms with Crippen LogP contribution in [0.2, 0.25) is 5.02 Å². The summed E-state index contributed by atoms with van der Waals surface area (Å²) in [5.41, 5.74) is -0.315. The molecule has 0 fully saturated rings. The molecule has 0 atom stereocenters. The van der Waals surface area contributed by atoms with Crippen LogP contribution in [-0.2, 0) is 4.79 Å². The highest BCUT2D eigenvalue weighted by atomic mass is 35.5. The zero-order valence-corrected chi connectivity index (χ0v) is 12.1. The zero-order valence-electron chi connectivity index (χ0n) is 11.4. The van der Waals surface area contributed by atoms with Crippen LogP contribution in [0, 0.1) is 6.92 Å².